The van der Waals surface area contributed by atoms with E-state index >= 15 is 0 Å². The van der Waals surface area contributed by atoms with E-state index in [1.165, 1.54) is 104 Å². The molecule has 3 heteroatoms. The number of para-hydroxylation sites is 3. The Bertz CT molecular complexity index is 3850. The minimum atomic E-state index is -2.60. The van der Waals surface area contributed by atoms with E-state index in [-0.39, 0.29) is 0 Å². The average Bonchev–Trinajstić information content (AvgIpc) is 3.92. The third kappa shape index (κ3) is 6.38. The van der Waals surface area contributed by atoms with Gasteiger partial charge in [0, 0.05) is 32.9 Å². The monoisotopic (exact) mass is 870 g/mol. The first-order chi connectivity index (χ1) is 33.2. The molecule has 0 saturated heterocycles. The topological polar surface area (TPSA) is 9.86 Å². The fraction of sp³-hybridized carbons (Fsp3) is 0.0312. The molecule has 12 aromatic rings. The van der Waals surface area contributed by atoms with Crippen molar-refractivity contribution in [3.63, 3.8) is 0 Å². The van der Waals surface area contributed by atoms with Gasteiger partial charge in [0.05, 0.1) is 22.1 Å². The number of hydrogen-bond donors (Lipinski definition) is 0. The van der Waals surface area contributed by atoms with Gasteiger partial charge in [0.1, 0.15) is 0 Å². The molecule has 0 bridgehead atoms. The maximum absolute atomic E-state index is 2.60. The molecule has 0 fully saturated rings. The molecular weight excluding hydrogens is 825 g/mol. The fourth-order valence-electron chi connectivity index (χ4n) is 11.2. The van der Waals surface area contributed by atoms with Crippen LogP contribution in [0.4, 0.5) is 0 Å². The molecule has 0 amide bonds. The lowest BCUT2D eigenvalue weighted by Crippen LogP contribution is -2.68. The van der Waals surface area contributed by atoms with Crippen LogP contribution >= 0.6 is 0 Å². The Morgan fingerprint density at radius 2 is 0.821 bits per heavy atom. The van der Waals surface area contributed by atoms with Crippen LogP contribution in [0.1, 0.15) is 12.8 Å². The maximum Gasteiger partial charge on any atom is 0.175 e. The molecule has 10 aromatic carbocycles. The number of fused-ring (bicyclic) bond motifs is 7. The van der Waals surface area contributed by atoms with Crippen molar-refractivity contribution in [3.05, 3.63) is 260 Å². The quantitative estimate of drug-likeness (QED) is 0.106. The van der Waals surface area contributed by atoms with Gasteiger partial charge in [-0.2, -0.15) is 0 Å². The van der Waals surface area contributed by atoms with Crippen LogP contribution in [0.25, 0.3) is 88.0 Å². The van der Waals surface area contributed by atoms with Crippen LogP contribution in [0.5, 0.6) is 0 Å². The zero-order chi connectivity index (χ0) is 44.3. The molecule has 0 spiro atoms. The second kappa shape index (κ2) is 16.0. The summed E-state index contributed by atoms with van der Waals surface area (Å²) >= 11 is 0. The molecule has 0 unspecified atom stereocenters. The Kier molecular flexibility index (Phi) is 9.36. The Hall–Kier alpha value is -8.24. The molecule has 0 atom stereocenters. The minimum absolute atomic E-state index is 1.07. The predicted octanol–water partition coefficient (Wildman–Crippen LogP) is 14.7. The van der Waals surface area contributed by atoms with E-state index < -0.39 is 8.07 Å². The van der Waals surface area contributed by atoms with Gasteiger partial charge in [-0.15, -0.1) is 0 Å². The molecule has 0 aliphatic heterocycles. The molecule has 13 rings (SSSR count). The molecule has 0 saturated carbocycles. The first kappa shape index (κ1) is 39.1. The maximum atomic E-state index is 2.51. The van der Waals surface area contributed by atoms with E-state index in [1.807, 2.05) is 0 Å². The Morgan fingerprint density at radius 3 is 1.39 bits per heavy atom. The highest BCUT2D eigenvalue weighted by atomic mass is 28.3. The van der Waals surface area contributed by atoms with Gasteiger partial charge in [-0.3, -0.25) is 0 Å². The molecule has 316 valence electrons. The van der Waals surface area contributed by atoms with Gasteiger partial charge >= 0.3 is 0 Å². The summed E-state index contributed by atoms with van der Waals surface area (Å²) in [5, 5.41) is 13.4. The van der Waals surface area contributed by atoms with Crippen LogP contribution < -0.4 is 15.6 Å². The number of nitrogens with zero attached hydrogens (tertiary/aromatic N) is 2. The Morgan fingerprint density at radius 1 is 0.328 bits per heavy atom. The summed E-state index contributed by atoms with van der Waals surface area (Å²) in [4.78, 5) is 0. The summed E-state index contributed by atoms with van der Waals surface area (Å²) < 4.78 is 4.83. The van der Waals surface area contributed by atoms with Crippen LogP contribution in [0.3, 0.4) is 0 Å². The largest absolute Gasteiger partial charge is 0.309 e. The lowest BCUT2D eigenvalue weighted by atomic mass is 9.98. The number of benzene rings is 10. The Balaban J connectivity index is 0.893. The van der Waals surface area contributed by atoms with E-state index in [1.54, 1.807) is 5.20 Å². The van der Waals surface area contributed by atoms with Gasteiger partial charge < -0.3 is 9.13 Å². The van der Waals surface area contributed by atoms with Crippen molar-refractivity contribution < 1.29 is 0 Å². The van der Waals surface area contributed by atoms with Crippen LogP contribution in [0.2, 0.25) is 0 Å². The smallest absolute Gasteiger partial charge is 0.175 e. The lowest BCUT2D eigenvalue weighted by molar-refractivity contribution is 1.01. The summed E-state index contributed by atoms with van der Waals surface area (Å²) in [5.74, 6) is 0. The summed E-state index contributed by atoms with van der Waals surface area (Å²) in [6.07, 6.45) is 9.15. The lowest BCUT2D eigenvalue weighted by Gasteiger charge is -2.37. The summed E-state index contributed by atoms with van der Waals surface area (Å²) in [7, 11) is -2.60. The van der Waals surface area contributed by atoms with Crippen molar-refractivity contribution in [1.82, 2.24) is 9.13 Å². The highest BCUT2D eigenvalue weighted by molar-refractivity contribution is 7.16. The van der Waals surface area contributed by atoms with Crippen LogP contribution in [-0.2, 0) is 0 Å². The summed E-state index contributed by atoms with van der Waals surface area (Å²) in [6, 6.07) is 88.2. The third-order valence-corrected chi connectivity index (χ3v) is 19.3. The van der Waals surface area contributed by atoms with Crippen LogP contribution in [0.15, 0.2) is 260 Å². The van der Waals surface area contributed by atoms with Gasteiger partial charge in [0.2, 0.25) is 0 Å². The second-order valence-electron chi connectivity index (χ2n) is 18.0. The number of hydrogen-bond acceptors (Lipinski definition) is 0. The number of rotatable bonds is 8. The van der Waals surface area contributed by atoms with Crippen molar-refractivity contribution in [3.8, 4) is 33.6 Å². The molecule has 0 N–H and O–H groups in total. The standard InChI is InChI=1S/C64H46N2Si/c1-5-17-51(18-6-1)65-61-27-15-13-25-57(61)59-43-48(35-39-63(59)65)45-29-31-46(32-30-45)49-36-40-64-60(44-49)58-26-14-16-28-62(58)66(64)52-37-33-47-34-38-56(42-50(47)41-52)67(53-19-7-2-8-20-53,54-21-9-3-10-22-54)55-23-11-4-12-24-55/h1-11,13-23,25-44H,12,24H2. The van der Waals surface area contributed by atoms with Crippen LogP contribution in [-0.4, -0.2) is 17.2 Å². The molecule has 2 aromatic heterocycles. The van der Waals surface area contributed by atoms with Gasteiger partial charge in [-0.25, -0.2) is 0 Å². The number of aromatic nitrogens is 2. The highest BCUT2D eigenvalue weighted by Gasteiger charge is 2.42. The third-order valence-electron chi connectivity index (χ3n) is 14.3. The molecule has 0 radical (unpaired) electrons. The van der Waals surface area contributed by atoms with Gasteiger partial charge in [0.25, 0.3) is 0 Å². The molecular formula is C64H46N2Si. The predicted molar refractivity (Wildman–Crippen MR) is 287 cm³/mol. The van der Waals surface area contributed by atoms with Gasteiger partial charge in [0.15, 0.2) is 8.07 Å². The van der Waals surface area contributed by atoms with Crippen molar-refractivity contribution in [1.29, 1.82) is 0 Å². The summed E-state index contributed by atoms with van der Waals surface area (Å²) in [5.41, 5.74) is 12.0. The second-order valence-corrected chi connectivity index (χ2v) is 21.8. The summed E-state index contributed by atoms with van der Waals surface area (Å²) in [6.45, 7) is 0. The molecule has 2 heterocycles. The van der Waals surface area contributed by atoms with Crippen LogP contribution in [0, 0.1) is 0 Å². The average molecular weight is 871 g/mol. The van der Waals surface area contributed by atoms with Crippen molar-refractivity contribution in [2.75, 3.05) is 0 Å². The van der Waals surface area contributed by atoms with Crippen molar-refractivity contribution in [2.24, 2.45) is 0 Å². The number of allylic oxidation sites excluding steroid dienone is 4. The van der Waals surface area contributed by atoms with E-state index in [9.17, 15) is 0 Å². The minimum Gasteiger partial charge on any atom is -0.309 e. The first-order valence-corrected chi connectivity index (χ1v) is 25.5. The zero-order valence-corrected chi connectivity index (χ0v) is 38.1. The fourth-order valence-corrected chi connectivity index (χ4v) is 16.3. The molecule has 1 aliphatic rings. The SMILES string of the molecule is C1=CCCC([Si](c2ccccc2)(c2ccccc2)c2ccc3ccc(-n4c5ccccc5c5cc(-c6ccc(-c7ccc8c(c7)c7ccccc7n8-c7ccccc7)cc6)ccc54)cc3c2)=C1. The molecule has 1 aliphatic carbocycles. The van der Waals surface area contributed by atoms with Gasteiger partial charge in [-0.05, 0) is 122 Å². The van der Waals surface area contributed by atoms with Crippen molar-refractivity contribution in [2.45, 2.75) is 12.8 Å². The first-order valence-electron chi connectivity index (χ1n) is 23.5. The van der Waals surface area contributed by atoms with Crippen molar-refractivity contribution >= 4 is 78.0 Å². The van der Waals surface area contributed by atoms with E-state index in [4.69, 9.17) is 0 Å². The zero-order valence-electron chi connectivity index (χ0n) is 37.1. The normalized spacial score (nSPS) is 13.0. The molecule has 2 nitrogen and oxygen atoms in total. The molecule has 67 heavy (non-hydrogen) atoms. The van der Waals surface area contributed by atoms with E-state index in [0.29, 0.717) is 0 Å². The Labute approximate surface area is 391 Å². The van der Waals surface area contributed by atoms with E-state index in [0.717, 1.165) is 12.8 Å². The van der Waals surface area contributed by atoms with E-state index in [2.05, 4.69) is 264 Å². The van der Waals surface area contributed by atoms with Gasteiger partial charge in [-0.1, -0.05) is 199 Å². The highest BCUT2D eigenvalue weighted by Crippen LogP contribution is 2.38.